The first-order valence-corrected chi connectivity index (χ1v) is 5.95. The van der Waals surface area contributed by atoms with Gasteiger partial charge in [-0.3, -0.25) is 4.79 Å². The van der Waals surface area contributed by atoms with E-state index in [9.17, 15) is 4.79 Å². The van der Waals surface area contributed by atoms with E-state index in [0.29, 0.717) is 5.69 Å². The predicted octanol–water partition coefficient (Wildman–Crippen LogP) is 2.66. The van der Waals surface area contributed by atoms with Gasteiger partial charge in [-0.2, -0.15) is 0 Å². The van der Waals surface area contributed by atoms with E-state index in [-0.39, 0.29) is 11.8 Å². The molecule has 18 heavy (non-hydrogen) atoms. The van der Waals surface area contributed by atoms with Gasteiger partial charge in [-0.25, -0.2) is 0 Å². The first-order valence-electron chi connectivity index (χ1n) is 5.42. The first-order chi connectivity index (χ1) is 8.74. The second-order valence-electron chi connectivity index (χ2n) is 3.66. The van der Waals surface area contributed by atoms with Gasteiger partial charge in [0.25, 0.3) is 0 Å². The van der Waals surface area contributed by atoms with Crippen LogP contribution in [-0.2, 0) is 4.79 Å². The van der Waals surface area contributed by atoms with Gasteiger partial charge in [-0.05, 0) is 30.3 Å². The number of carbonyl (C=O) groups is 1. The van der Waals surface area contributed by atoms with Crippen LogP contribution in [0.5, 0.6) is 5.75 Å². The minimum atomic E-state index is -0.236. The largest absolute Gasteiger partial charge is 0.495 e. The molecule has 1 amide bonds. The molecule has 0 aliphatic rings. The molecule has 1 heterocycles. The van der Waals surface area contributed by atoms with Crippen LogP contribution in [0.15, 0.2) is 42.7 Å². The number of hydrogen-bond acceptors (Lipinski definition) is 2. The number of nitrogens with zero attached hydrogens (tertiary/aromatic N) is 1. The van der Waals surface area contributed by atoms with Crippen LogP contribution in [0.3, 0.4) is 0 Å². The van der Waals surface area contributed by atoms with E-state index in [1.165, 1.54) is 0 Å². The lowest BCUT2D eigenvalue weighted by Gasteiger charge is -2.12. The van der Waals surface area contributed by atoms with Crippen LogP contribution < -0.4 is 10.1 Å². The second-order valence-corrected chi connectivity index (χ2v) is 3.93. The maximum absolute atomic E-state index is 11.3. The molecule has 0 saturated heterocycles. The first kappa shape index (κ1) is 12.5. The third-order valence-corrected chi connectivity index (χ3v) is 2.71. The quantitative estimate of drug-likeness (QED) is 0.863. The lowest BCUT2D eigenvalue weighted by Crippen LogP contribution is -2.12. The Morgan fingerprint density at radius 1 is 1.39 bits per heavy atom. The van der Waals surface area contributed by atoms with Crippen LogP contribution in [0.1, 0.15) is 0 Å². The Kier molecular flexibility index (Phi) is 3.89. The Bertz CT molecular complexity index is 538. The van der Waals surface area contributed by atoms with Crippen molar-refractivity contribution in [2.24, 2.45) is 0 Å². The van der Waals surface area contributed by atoms with Crippen LogP contribution >= 0.6 is 11.6 Å². The van der Waals surface area contributed by atoms with Gasteiger partial charge in [-0.15, -0.1) is 11.6 Å². The predicted molar refractivity (Wildman–Crippen MR) is 71.7 cm³/mol. The minimum Gasteiger partial charge on any atom is -0.495 e. The summed E-state index contributed by atoms with van der Waals surface area (Å²) in [6.07, 6.45) is 3.82. The number of aromatic nitrogens is 1. The number of hydrogen-bond donors (Lipinski definition) is 1. The number of anilines is 1. The molecule has 94 valence electrons. The van der Waals surface area contributed by atoms with E-state index in [1.807, 2.05) is 35.2 Å². The smallest absolute Gasteiger partial charge is 0.239 e. The summed E-state index contributed by atoms with van der Waals surface area (Å²) < 4.78 is 7.21. The van der Waals surface area contributed by atoms with Crippen molar-refractivity contribution in [3.05, 3.63) is 42.7 Å². The van der Waals surface area contributed by atoms with Crippen molar-refractivity contribution in [3.63, 3.8) is 0 Å². The van der Waals surface area contributed by atoms with Crippen molar-refractivity contribution in [1.82, 2.24) is 4.57 Å². The lowest BCUT2D eigenvalue weighted by atomic mass is 10.2. The Morgan fingerprint density at radius 2 is 2.11 bits per heavy atom. The summed E-state index contributed by atoms with van der Waals surface area (Å²) >= 11 is 5.46. The topological polar surface area (TPSA) is 43.3 Å². The van der Waals surface area contributed by atoms with Crippen LogP contribution in [0.4, 0.5) is 5.69 Å². The molecule has 2 rings (SSSR count). The lowest BCUT2D eigenvalue weighted by molar-refractivity contribution is -0.113. The highest BCUT2D eigenvalue weighted by Gasteiger charge is 2.07. The summed E-state index contributed by atoms with van der Waals surface area (Å²) in [7, 11) is 1.61. The van der Waals surface area contributed by atoms with Crippen molar-refractivity contribution < 1.29 is 9.53 Å². The molecule has 0 aliphatic heterocycles. The molecular weight excluding hydrogens is 252 g/mol. The normalized spacial score (nSPS) is 10.1. The standard InChI is InChI=1S/C13H13ClN2O2/c1-18-12-5-4-10(15-13(17)9-14)8-11(12)16-6-2-3-7-16/h2-8H,9H2,1H3,(H,15,17). The van der Waals surface area contributed by atoms with Crippen molar-refractivity contribution in [2.75, 3.05) is 18.3 Å². The Morgan fingerprint density at radius 3 is 2.72 bits per heavy atom. The van der Waals surface area contributed by atoms with E-state index in [4.69, 9.17) is 16.3 Å². The SMILES string of the molecule is COc1ccc(NC(=O)CCl)cc1-n1cccc1. The van der Waals surface area contributed by atoms with Gasteiger partial charge in [0.15, 0.2) is 0 Å². The molecule has 1 aromatic heterocycles. The monoisotopic (exact) mass is 264 g/mol. The fourth-order valence-corrected chi connectivity index (χ4v) is 1.73. The van der Waals surface area contributed by atoms with Gasteiger partial charge in [0.2, 0.25) is 5.91 Å². The third kappa shape index (κ3) is 2.65. The molecule has 4 nitrogen and oxygen atoms in total. The summed E-state index contributed by atoms with van der Waals surface area (Å²) in [5, 5.41) is 2.71. The molecule has 0 unspecified atom stereocenters. The van der Waals surface area contributed by atoms with Crippen molar-refractivity contribution in [1.29, 1.82) is 0 Å². The van der Waals surface area contributed by atoms with E-state index < -0.39 is 0 Å². The molecule has 5 heteroatoms. The fraction of sp³-hybridized carbons (Fsp3) is 0.154. The van der Waals surface area contributed by atoms with Crippen LogP contribution in [0.2, 0.25) is 0 Å². The van der Waals surface area contributed by atoms with Gasteiger partial charge in [-0.1, -0.05) is 0 Å². The molecule has 0 saturated carbocycles. The second kappa shape index (κ2) is 5.60. The number of carbonyl (C=O) groups excluding carboxylic acids is 1. The highest BCUT2D eigenvalue weighted by molar-refractivity contribution is 6.29. The summed E-state index contributed by atoms with van der Waals surface area (Å²) in [6.45, 7) is 0. The van der Waals surface area contributed by atoms with Gasteiger partial charge >= 0.3 is 0 Å². The fourth-order valence-electron chi connectivity index (χ4n) is 1.66. The minimum absolute atomic E-state index is 0.0646. The molecular formula is C13H13ClN2O2. The molecule has 0 fully saturated rings. The van der Waals surface area contributed by atoms with Gasteiger partial charge < -0.3 is 14.6 Å². The molecule has 1 N–H and O–H groups in total. The molecule has 0 spiro atoms. The van der Waals surface area contributed by atoms with Crippen LogP contribution in [0.25, 0.3) is 5.69 Å². The van der Waals surface area contributed by atoms with E-state index in [0.717, 1.165) is 11.4 Å². The van der Waals surface area contributed by atoms with Crippen molar-refractivity contribution >= 4 is 23.2 Å². The average Bonchev–Trinajstić information content (AvgIpc) is 2.92. The molecule has 0 aliphatic carbocycles. The van der Waals surface area contributed by atoms with E-state index in [2.05, 4.69) is 5.32 Å². The summed E-state index contributed by atoms with van der Waals surface area (Å²) in [4.78, 5) is 11.3. The van der Waals surface area contributed by atoms with Crippen LogP contribution in [-0.4, -0.2) is 23.5 Å². The number of nitrogens with one attached hydrogen (secondary N) is 1. The van der Waals surface area contributed by atoms with Crippen molar-refractivity contribution in [3.8, 4) is 11.4 Å². The number of benzene rings is 1. The zero-order valence-electron chi connectivity index (χ0n) is 9.89. The number of ether oxygens (including phenoxy) is 1. The van der Waals surface area contributed by atoms with Gasteiger partial charge in [0.05, 0.1) is 12.8 Å². The highest BCUT2D eigenvalue weighted by Crippen LogP contribution is 2.26. The summed E-state index contributed by atoms with van der Waals surface area (Å²) in [6, 6.07) is 9.26. The average molecular weight is 265 g/mol. The molecule has 0 bridgehead atoms. The van der Waals surface area contributed by atoms with Crippen molar-refractivity contribution in [2.45, 2.75) is 0 Å². The zero-order valence-corrected chi connectivity index (χ0v) is 10.6. The molecule has 2 aromatic rings. The Balaban J connectivity index is 2.37. The summed E-state index contributed by atoms with van der Waals surface area (Å²) in [5.74, 6) is 0.431. The zero-order chi connectivity index (χ0) is 13.0. The Hall–Kier alpha value is -1.94. The third-order valence-electron chi connectivity index (χ3n) is 2.47. The maximum Gasteiger partial charge on any atom is 0.239 e. The number of methoxy groups -OCH3 is 1. The van der Waals surface area contributed by atoms with E-state index in [1.54, 1.807) is 19.2 Å². The number of halogens is 1. The highest BCUT2D eigenvalue weighted by atomic mass is 35.5. The van der Waals surface area contributed by atoms with Gasteiger partial charge in [0, 0.05) is 18.1 Å². The number of rotatable bonds is 4. The van der Waals surface area contributed by atoms with E-state index >= 15 is 0 Å². The molecule has 1 aromatic carbocycles. The molecule has 0 atom stereocenters. The summed E-state index contributed by atoms with van der Waals surface area (Å²) in [5.41, 5.74) is 1.54. The number of amides is 1. The molecule has 0 radical (unpaired) electrons. The van der Waals surface area contributed by atoms with Crippen LogP contribution in [0, 0.1) is 0 Å². The van der Waals surface area contributed by atoms with Gasteiger partial charge in [0.1, 0.15) is 11.6 Å². The Labute approximate surface area is 110 Å². The number of alkyl halides is 1. The maximum atomic E-state index is 11.3.